The second-order valence-corrected chi connectivity index (χ2v) is 2.14. The van der Waals surface area contributed by atoms with Crippen molar-refractivity contribution in [2.45, 2.75) is 13.8 Å². The van der Waals surface area contributed by atoms with Gasteiger partial charge in [0, 0.05) is 0 Å². The van der Waals surface area contributed by atoms with Crippen LogP contribution in [0.5, 0.6) is 0 Å². The summed E-state index contributed by atoms with van der Waals surface area (Å²) in [4.78, 5) is 10.9. The zero-order valence-electron chi connectivity index (χ0n) is 6.21. The number of aryl methyl sites for hydroxylation is 2. The molecule has 0 aliphatic carbocycles. The Bertz CT molecular complexity index is 260. The number of carbonyl (C=O) groups is 1. The zero-order valence-corrected chi connectivity index (χ0v) is 6.21. The van der Waals surface area contributed by atoms with Crippen LogP contribution in [0.3, 0.4) is 0 Å². The summed E-state index contributed by atoms with van der Waals surface area (Å²) in [5.74, 6) is -0.199. The highest BCUT2D eigenvalue weighted by atomic mass is 16.5. The Morgan fingerprint density at radius 3 is 2.64 bits per heavy atom. The Labute approximate surface area is 63.0 Å². The van der Waals surface area contributed by atoms with E-state index in [0.29, 0.717) is 11.5 Å². The van der Waals surface area contributed by atoms with Crippen LogP contribution >= 0.6 is 0 Å². The van der Waals surface area contributed by atoms with Gasteiger partial charge in [-0.1, -0.05) is 5.16 Å². The molecule has 1 aromatic rings. The van der Waals surface area contributed by atoms with Crippen LogP contribution < -0.4 is 5.48 Å². The smallest absolute Gasteiger partial charge is 0.280 e. The van der Waals surface area contributed by atoms with Crippen LogP contribution in [0, 0.1) is 13.8 Å². The number of nitrogens with one attached hydrogen (secondary N) is 1. The predicted molar refractivity (Wildman–Crippen MR) is 35.2 cm³/mol. The van der Waals surface area contributed by atoms with Gasteiger partial charge in [-0.25, -0.2) is 5.48 Å². The highest BCUT2D eigenvalue weighted by molar-refractivity contribution is 5.95. The Morgan fingerprint density at radius 2 is 2.27 bits per heavy atom. The first-order valence-corrected chi connectivity index (χ1v) is 3.04. The molecule has 5 nitrogen and oxygen atoms in total. The molecule has 0 unspecified atom stereocenters. The number of hydroxylamine groups is 1. The van der Waals surface area contributed by atoms with Crippen LogP contribution in [0.4, 0.5) is 0 Å². The summed E-state index contributed by atoms with van der Waals surface area (Å²) in [5, 5.41) is 11.8. The molecule has 1 aromatic heterocycles. The molecule has 60 valence electrons. The number of amides is 1. The van der Waals surface area contributed by atoms with Crippen LogP contribution in [0.2, 0.25) is 0 Å². The van der Waals surface area contributed by atoms with Gasteiger partial charge in [-0.05, 0) is 13.8 Å². The third-order valence-corrected chi connectivity index (χ3v) is 1.36. The van der Waals surface area contributed by atoms with Crippen LogP contribution in [0.1, 0.15) is 21.8 Å². The van der Waals surface area contributed by atoms with E-state index >= 15 is 0 Å². The van der Waals surface area contributed by atoms with E-state index in [2.05, 4.69) is 5.16 Å². The van der Waals surface area contributed by atoms with Crippen LogP contribution in [0.25, 0.3) is 0 Å². The van der Waals surface area contributed by atoms with Crippen molar-refractivity contribution in [1.82, 2.24) is 10.6 Å². The van der Waals surface area contributed by atoms with Crippen molar-refractivity contribution < 1.29 is 14.5 Å². The van der Waals surface area contributed by atoms with Crippen molar-refractivity contribution in [3.8, 4) is 0 Å². The van der Waals surface area contributed by atoms with E-state index in [-0.39, 0.29) is 5.56 Å². The summed E-state index contributed by atoms with van der Waals surface area (Å²) in [6.45, 7) is 3.23. The van der Waals surface area contributed by atoms with E-state index in [1.54, 1.807) is 13.8 Å². The first-order valence-electron chi connectivity index (χ1n) is 3.04. The molecular formula is C6H8N2O3. The molecule has 0 spiro atoms. The van der Waals surface area contributed by atoms with Gasteiger partial charge in [0.1, 0.15) is 11.3 Å². The average Bonchev–Trinajstić information content (AvgIpc) is 2.30. The fourth-order valence-electron chi connectivity index (χ4n) is 0.863. The summed E-state index contributed by atoms with van der Waals surface area (Å²) in [6.07, 6.45) is 0. The molecule has 2 N–H and O–H groups in total. The number of carbonyl (C=O) groups excluding carboxylic acids is 1. The van der Waals surface area contributed by atoms with Gasteiger partial charge in [-0.2, -0.15) is 0 Å². The quantitative estimate of drug-likeness (QED) is 0.456. The SMILES string of the molecule is Cc1noc(C)c1C(=O)NO. The minimum absolute atomic E-state index is 0.285. The molecule has 0 atom stereocenters. The molecule has 11 heavy (non-hydrogen) atoms. The Balaban J connectivity index is 3.10. The topological polar surface area (TPSA) is 75.4 Å². The Kier molecular flexibility index (Phi) is 1.91. The third-order valence-electron chi connectivity index (χ3n) is 1.36. The van der Waals surface area contributed by atoms with Gasteiger partial charge >= 0.3 is 0 Å². The summed E-state index contributed by atoms with van der Waals surface area (Å²) >= 11 is 0. The van der Waals surface area contributed by atoms with Gasteiger partial charge in [-0.15, -0.1) is 0 Å². The van der Waals surface area contributed by atoms with Crippen molar-refractivity contribution in [2.24, 2.45) is 0 Å². The van der Waals surface area contributed by atoms with Crippen molar-refractivity contribution >= 4 is 5.91 Å². The van der Waals surface area contributed by atoms with E-state index in [4.69, 9.17) is 9.73 Å². The molecule has 0 aliphatic heterocycles. The largest absolute Gasteiger partial charge is 0.361 e. The second kappa shape index (κ2) is 2.71. The van der Waals surface area contributed by atoms with Gasteiger partial charge in [0.05, 0.1) is 5.69 Å². The maximum absolute atomic E-state index is 10.9. The highest BCUT2D eigenvalue weighted by Gasteiger charge is 2.15. The van der Waals surface area contributed by atoms with Gasteiger partial charge < -0.3 is 4.52 Å². The number of hydrogen-bond donors (Lipinski definition) is 2. The van der Waals surface area contributed by atoms with Gasteiger partial charge in [0.2, 0.25) is 0 Å². The molecular weight excluding hydrogens is 148 g/mol. The highest BCUT2D eigenvalue weighted by Crippen LogP contribution is 2.10. The Hall–Kier alpha value is -1.36. The van der Waals surface area contributed by atoms with Crippen LogP contribution in [-0.4, -0.2) is 16.3 Å². The fourth-order valence-corrected chi connectivity index (χ4v) is 0.863. The third kappa shape index (κ3) is 1.22. The lowest BCUT2D eigenvalue weighted by molar-refractivity contribution is 0.0704. The molecule has 1 rings (SSSR count). The minimum Gasteiger partial charge on any atom is -0.361 e. The van der Waals surface area contributed by atoms with E-state index in [9.17, 15) is 4.79 Å². The van der Waals surface area contributed by atoms with Gasteiger partial charge in [-0.3, -0.25) is 10.0 Å². The fraction of sp³-hybridized carbons (Fsp3) is 0.333. The van der Waals surface area contributed by atoms with Crippen molar-refractivity contribution in [3.63, 3.8) is 0 Å². The summed E-state index contributed by atoms with van der Waals surface area (Å²) in [7, 11) is 0. The molecule has 5 heteroatoms. The molecule has 0 aliphatic rings. The second-order valence-electron chi connectivity index (χ2n) is 2.14. The average molecular weight is 156 g/mol. The first-order chi connectivity index (χ1) is 5.16. The molecule has 0 radical (unpaired) electrons. The maximum Gasteiger partial charge on any atom is 0.280 e. The zero-order chi connectivity index (χ0) is 8.43. The van der Waals surface area contributed by atoms with E-state index < -0.39 is 5.91 Å². The monoisotopic (exact) mass is 156 g/mol. The standard InChI is InChI=1S/C6H8N2O3/c1-3-5(6(9)7-10)4(2)11-8-3/h10H,1-2H3,(H,7,9). The predicted octanol–water partition coefficient (Wildman–Crippen LogP) is 0.410. The molecule has 0 saturated heterocycles. The van der Waals surface area contributed by atoms with Crippen molar-refractivity contribution in [1.29, 1.82) is 0 Å². The van der Waals surface area contributed by atoms with Crippen molar-refractivity contribution in [3.05, 3.63) is 17.0 Å². The molecule has 0 saturated carbocycles. The van der Waals surface area contributed by atoms with Gasteiger partial charge in [0.25, 0.3) is 5.91 Å². The summed E-state index contributed by atoms with van der Waals surface area (Å²) in [5.41, 5.74) is 2.26. The number of rotatable bonds is 1. The lowest BCUT2D eigenvalue weighted by Crippen LogP contribution is -2.19. The van der Waals surface area contributed by atoms with Crippen molar-refractivity contribution in [2.75, 3.05) is 0 Å². The summed E-state index contributed by atoms with van der Waals surface area (Å²) in [6, 6.07) is 0. The molecule has 0 aromatic carbocycles. The lowest BCUT2D eigenvalue weighted by atomic mass is 10.2. The lowest BCUT2D eigenvalue weighted by Gasteiger charge is -1.94. The minimum atomic E-state index is -0.596. The first kappa shape index (κ1) is 7.74. The normalized spacial score (nSPS) is 9.73. The molecule has 0 fully saturated rings. The number of hydrogen-bond acceptors (Lipinski definition) is 4. The molecule has 0 bridgehead atoms. The maximum atomic E-state index is 10.9. The number of nitrogens with zero attached hydrogens (tertiary/aromatic N) is 1. The van der Waals surface area contributed by atoms with E-state index in [1.165, 1.54) is 5.48 Å². The van der Waals surface area contributed by atoms with E-state index in [0.717, 1.165) is 0 Å². The molecule has 1 heterocycles. The van der Waals surface area contributed by atoms with E-state index in [1.807, 2.05) is 0 Å². The number of aromatic nitrogens is 1. The van der Waals surface area contributed by atoms with Crippen LogP contribution in [0.15, 0.2) is 4.52 Å². The Morgan fingerprint density at radius 1 is 1.64 bits per heavy atom. The molecule has 1 amide bonds. The van der Waals surface area contributed by atoms with Crippen LogP contribution in [-0.2, 0) is 0 Å². The summed E-state index contributed by atoms with van der Waals surface area (Å²) < 4.78 is 4.70. The van der Waals surface area contributed by atoms with Gasteiger partial charge in [0.15, 0.2) is 0 Å².